The van der Waals surface area contributed by atoms with E-state index in [1.807, 2.05) is 41.0 Å². The van der Waals surface area contributed by atoms with Gasteiger partial charge in [-0.05, 0) is 30.5 Å². The number of para-hydroxylation sites is 1. The molecule has 0 aliphatic carbocycles. The Bertz CT molecular complexity index is 876. The Morgan fingerprint density at radius 2 is 1.73 bits per heavy atom. The Morgan fingerprint density at radius 1 is 1.00 bits per heavy atom. The summed E-state index contributed by atoms with van der Waals surface area (Å²) in [5.41, 5.74) is 2.25. The van der Waals surface area contributed by atoms with E-state index in [9.17, 15) is 9.59 Å². The summed E-state index contributed by atoms with van der Waals surface area (Å²) in [5.74, 6) is -0.193. The first kappa shape index (κ1) is 18.0. The standard InChI is InChI=1S/C21H20N2O2S/c1-15(24)17-10-5-6-11-18(17)23-20(25)14-22-21(19-12-7-13-26-19)16-8-3-2-4-9-16/h2-13,21-22H,14H2,1H3,(H,23,25)/p+1/t21-/m0/s1. The molecule has 1 amide bonds. The third-order valence-corrected chi connectivity index (χ3v) is 5.08. The second-order valence-electron chi connectivity index (χ2n) is 5.99. The van der Waals surface area contributed by atoms with E-state index >= 15 is 0 Å². The van der Waals surface area contributed by atoms with Crippen molar-refractivity contribution in [3.63, 3.8) is 0 Å². The molecule has 3 N–H and O–H groups in total. The van der Waals surface area contributed by atoms with E-state index in [0.29, 0.717) is 11.3 Å². The number of carbonyl (C=O) groups is 2. The number of hydrogen-bond acceptors (Lipinski definition) is 3. The Labute approximate surface area is 156 Å². The maximum absolute atomic E-state index is 12.4. The van der Waals surface area contributed by atoms with E-state index in [1.165, 1.54) is 11.8 Å². The fourth-order valence-electron chi connectivity index (χ4n) is 2.87. The number of anilines is 1. The summed E-state index contributed by atoms with van der Waals surface area (Å²) in [6.07, 6.45) is 0. The summed E-state index contributed by atoms with van der Waals surface area (Å²) >= 11 is 1.68. The molecule has 0 aliphatic heterocycles. The fraction of sp³-hybridized carbons (Fsp3) is 0.143. The lowest BCUT2D eigenvalue weighted by molar-refractivity contribution is -0.675. The van der Waals surface area contributed by atoms with Crippen LogP contribution in [0.5, 0.6) is 0 Å². The average molecular weight is 365 g/mol. The van der Waals surface area contributed by atoms with Crippen LogP contribution >= 0.6 is 11.3 Å². The predicted molar refractivity (Wildman–Crippen MR) is 104 cm³/mol. The first-order chi connectivity index (χ1) is 12.6. The summed E-state index contributed by atoms with van der Waals surface area (Å²) in [6.45, 7) is 1.77. The SMILES string of the molecule is CC(=O)c1ccccc1NC(=O)C[NH2+][C@@H](c1ccccc1)c1cccs1. The minimum Gasteiger partial charge on any atom is -0.328 e. The van der Waals surface area contributed by atoms with Crippen molar-refractivity contribution in [2.45, 2.75) is 13.0 Å². The monoisotopic (exact) mass is 365 g/mol. The van der Waals surface area contributed by atoms with Crippen LogP contribution in [0.4, 0.5) is 5.69 Å². The molecule has 0 fully saturated rings. The zero-order chi connectivity index (χ0) is 18.4. The quantitative estimate of drug-likeness (QED) is 0.632. The van der Waals surface area contributed by atoms with Crippen LogP contribution in [0, 0.1) is 0 Å². The van der Waals surface area contributed by atoms with Gasteiger partial charge in [0.05, 0.1) is 10.6 Å². The number of hydrogen-bond donors (Lipinski definition) is 2. The Kier molecular flexibility index (Phi) is 5.94. The molecule has 3 aromatic rings. The number of quaternary nitrogens is 1. The lowest BCUT2D eigenvalue weighted by Crippen LogP contribution is -2.87. The van der Waals surface area contributed by atoms with Crippen molar-refractivity contribution in [2.75, 3.05) is 11.9 Å². The van der Waals surface area contributed by atoms with Crippen LogP contribution in [-0.4, -0.2) is 18.2 Å². The van der Waals surface area contributed by atoms with Crippen molar-refractivity contribution in [3.8, 4) is 0 Å². The van der Waals surface area contributed by atoms with Gasteiger partial charge in [-0.3, -0.25) is 9.59 Å². The first-order valence-electron chi connectivity index (χ1n) is 8.46. The highest BCUT2D eigenvalue weighted by Crippen LogP contribution is 2.22. The smallest absolute Gasteiger partial charge is 0.279 e. The molecule has 0 saturated heterocycles. The van der Waals surface area contributed by atoms with Crippen LogP contribution in [0.25, 0.3) is 0 Å². The molecule has 132 valence electrons. The van der Waals surface area contributed by atoms with E-state index in [4.69, 9.17) is 0 Å². The predicted octanol–water partition coefficient (Wildman–Crippen LogP) is 3.24. The van der Waals surface area contributed by atoms with Gasteiger partial charge >= 0.3 is 0 Å². The van der Waals surface area contributed by atoms with Crippen molar-refractivity contribution in [2.24, 2.45) is 0 Å². The number of amides is 1. The van der Waals surface area contributed by atoms with E-state index in [-0.39, 0.29) is 24.3 Å². The number of rotatable bonds is 7. The molecule has 0 bridgehead atoms. The number of benzene rings is 2. The van der Waals surface area contributed by atoms with Gasteiger partial charge in [0.1, 0.15) is 6.04 Å². The van der Waals surface area contributed by atoms with Gasteiger partial charge in [-0.25, -0.2) is 0 Å². The topological polar surface area (TPSA) is 62.8 Å². The molecule has 0 saturated carbocycles. The van der Waals surface area contributed by atoms with Gasteiger partial charge in [0.15, 0.2) is 12.3 Å². The molecule has 0 aliphatic rings. The van der Waals surface area contributed by atoms with Crippen molar-refractivity contribution in [1.82, 2.24) is 0 Å². The molecule has 4 nitrogen and oxygen atoms in total. The zero-order valence-electron chi connectivity index (χ0n) is 14.5. The second-order valence-corrected chi connectivity index (χ2v) is 6.97. The molecule has 2 aromatic carbocycles. The maximum atomic E-state index is 12.4. The molecule has 1 aromatic heterocycles. The summed E-state index contributed by atoms with van der Waals surface area (Å²) in [7, 11) is 0. The molecule has 5 heteroatoms. The lowest BCUT2D eigenvalue weighted by atomic mass is 10.1. The minimum absolute atomic E-state index is 0.0642. The van der Waals surface area contributed by atoms with Gasteiger partial charge in [0.25, 0.3) is 5.91 Å². The van der Waals surface area contributed by atoms with E-state index in [1.54, 1.807) is 29.5 Å². The summed E-state index contributed by atoms with van der Waals surface area (Å²) < 4.78 is 0. The van der Waals surface area contributed by atoms with Crippen LogP contribution in [0.1, 0.15) is 33.8 Å². The van der Waals surface area contributed by atoms with E-state index in [2.05, 4.69) is 23.5 Å². The maximum Gasteiger partial charge on any atom is 0.279 e. The molecule has 0 radical (unpaired) electrons. The Hall–Kier alpha value is -2.76. The number of ketones is 1. The highest BCUT2D eigenvalue weighted by molar-refractivity contribution is 7.10. The normalized spacial score (nSPS) is 11.7. The molecule has 0 spiro atoms. The van der Waals surface area contributed by atoms with Crippen molar-refractivity contribution in [1.29, 1.82) is 0 Å². The highest BCUT2D eigenvalue weighted by atomic mass is 32.1. The zero-order valence-corrected chi connectivity index (χ0v) is 15.3. The van der Waals surface area contributed by atoms with Gasteiger partial charge < -0.3 is 10.6 Å². The number of carbonyl (C=O) groups excluding carboxylic acids is 2. The minimum atomic E-state index is -0.129. The summed E-state index contributed by atoms with van der Waals surface area (Å²) in [4.78, 5) is 25.3. The molecular weight excluding hydrogens is 344 g/mol. The molecule has 1 heterocycles. The van der Waals surface area contributed by atoms with Gasteiger partial charge in [0, 0.05) is 11.1 Å². The fourth-order valence-corrected chi connectivity index (χ4v) is 3.72. The average Bonchev–Trinajstić information content (AvgIpc) is 3.17. The van der Waals surface area contributed by atoms with Crippen LogP contribution in [0.15, 0.2) is 72.1 Å². The van der Waals surface area contributed by atoms with Crippen molar-refractivity contribution in [3.05, 3.63) is 88.1 Å². The largest absolute Gasteiger partial charge is 0.328 e. The summed E-state index contributed by atoms with van der Waals surface area (Å²) in [6, 6.07) is 21.4. The molecule has 0 unspecified atom stereocenters. The van der Waals surface area contributed by atoms with Crippen LogP contribution in [-0.2, 0) is 4.79 Å². The van der Waals surface area contributed by atoms with E-state index in [0.717, 1.165) is 5.56 Å². The van der Waals surface area contributed by atoms with Crippen LogP contribution < -0.4 is 10.6 Å². The molecule has 1 atom stereocenters. The van der Waals surface area contributed by atoms with Crippen molar-refractivity contribution >= 4 is 28.7 Å². The Morgan fingerprint density at radius 3 is 2.42 bits per heavy atom. The first-order valence-corrected chi connectivity index (χ1v) is 9.34. The third kappa shape index (κ3) is 4.45. The lowest BCUT2D eigenvalue weighted by Gasteiger charge is -2.15. The van der Waals surface area contributed by atoms with E-state index < -0.39 is 0 Å². The Balaban J connectivity index is 1.70. The van der Waals surface area contributed by atoms with Crippen LogP contribution in [0.2, 0.25) is 0 Å². The van der Waals surface area contributed by atoms with Crippen LogP contribution in [0.3, 0.4) is 0 Å². The molecular formula is C21H21N2O2S+. The molecule has 3 rings (SSSR count). The third-order valence-electron chi connectivity index (χ3n) is 4.13. The van der Waals surface area contributed by atoms with Crippen molar-refractivity contribution < 1.29 is 14.9 Å². The number of nitrogens with one attached hydrogen (secondary N) is 1. The number of Topliss-reactive ketones (excluding diaryl/α,β-unsaturated/α-hetero) is 1. The van der Waals surface area contributed by atoms with Gasteiger partial charge in [-0.2, -0.15) is 0 Å². The molecule has 26 heavy (non-hydrogen) atoms. The highest BCUT2D eigenvalue weighted by Gasteiger charge is 2.20. The number of nitrogens with two attached hydrogens (primary N) is 1. The van der Waals surface area contributed by atoms with Gasteiger partial charge in [0.2, 0.25) is 0 Å². The van der Waals surface area contributed by atoms with Gasteiger partial charge in [-0.15, -0.1) is 11.3 Å². The summed E-state index contributed by atoms with van der Waals surface area (Å²) in [5, 5.41) is 6.92. The van der Waals surface area contributed by atoms with Gasteiger partial charge in [-0.1, -0.05) is 48.5 Å². The number of thiophene rings is 1. The second kappa shape index (κ2) is 8.56.